The van der Waals surface area contributed by atoms with E-state index in [4.69, 9.17) is 5.11 Å². The van der Waals surface area contributed by atoms with Gasteiger partial charge in [0.15, 0.2) is 0 Å². The molecule has 0 unspecified atom stereocenters. The quantitative estimate of drug-likeness (QED) is 0.744. The summed E-state index contributed by atoms with van der Waals surface area (Å²) in [4.78, 5) is 13.8. The Hall–Kier alpha value is -0.570. The highest BCUT2D eigenvalue weighted by atomic mass is 16.3. The van der Waals surface area contributed by atoms with Gasteiger partial charge in [0.2, 0.25) is 5.91 Å². The summed E-state index contributed by atoms with van der Waals surface area (Å²) in [5, 5.41) is 8.94. The highest BCUT2D eigenvalue weighted by Crippen LogP contribution is 2.27. The molecule has 0 radical (unpaired) electrons. The summed E-state index contributed by atoms with van der Waals surface area (Å²) < 4.78 is 0. The summed E-state index contributed by atoms with van der Waals surface area (Å²) in [6, 6.07) is 0. The van der Waals surface area contributed by atoms with Gasteiger partial charge in [0, 0.05) is 19.5 Å². The number of hydrogen-bond acceptors (Lipinski definition) is 2. The van der Waals surface area contributed by atoms with Crippen LogP contribution in [0.5, 0.6) is 0 Å². The van der Waals surface area contributed by atoms with E-state index < -0.39 is 0 Å². The van der Waals surface area contributed by atoms with E-state index in [1.807, 2.05) is 4.90 Å². The largest absolute Gasteiger partial charge is 0.395 e. The van der Waals surface area contributed by atoms with Crippen molar-refractivity contribution in [2.24, 2.45) is 5.92 Å². The highest BCUT2D eigenvalue weighted by molar-refractivity contribution is 5.76. The predicted molar refractivity (Wildman–Crippen MR) is 69.8 cm³/mol. The molecular formula is C14H27NO2. The second-order valence-corrected chi connectivity index (χ2v) is 5.15. The van der Waals surface area contributed by atoms with Crippen LogP contribution in [-0.4, -0.2) is 35.6 Å². The number of aliphatic hydroxyl groups is 1. The Bertz CT molecular complexity index is 206. The molecule has 1 aliphatic carbocycles. The average molecular weight is 241 g/mol. The van der Waals surface area contributed by atoms with Crippen molar-refractivity contribution >= 4 is 5.91 Å². The van der Waals surface area contributed by atoms with E-state index in [0.717, 1.165) is 25.3 Å². The van der Waals surface area contributed by atoms with Gasteiger partial charge >= 0.3 is 0 Å². The summed E-state index contributed by atoms with van der Waals surface area (Å²) in [7, 11) is 0. The molecule has 0 aliphatic heterocycles. The van der Waals surface area contributed by atoms with Crippen molar-refractivity contribution in [3.63, 3.8) is 0 Å². The van der Waals surface area contributed by atoms with Gasteiger partial charge in [-0.2, -0.15) is 0 Å². The predicted octanol–water partition coefficient (Wildman–Crippen LogP) is 2.58. The lowest BCUT2D eigenvalue weighted by Crippen LogP contribution is -2.34. The van der Waals surface area contributed by atoms with Gasteiger partial charge < -0.3 is 10.0 Å². The Kier molecular flexibility index (Phi) is 7.25. The smallest absolute Gasteiger partial charge is 0.222 e. The van der Waals surface area contributed by atoms with Crippen LogP contribution in [-0.2, 0) is 4.79 Å². The molecule has 0 atom stereocenters. The van der Waals surface area contributed by atoms with E-state index >= 15 is 0 Å². The van der Waals surface area contributed by atoms with Crippen molar-refractivity contribution in [1.29, 1.82) is 0 Å². The molecule has 1 aliphatic rings. The van der Waals surface area contributed by atoms with Crippen LogP contribution in [0.2, 0.25) is 0 Å². The van der Waals surface area contributed by atoms with Crippen LogP contribution in [0.25, 0.3) is 0 Å². The monoisotopic (exact) mass is 241 g/mol. The number of rotatable bonds is 7. The van der Waals surface area contributed by atoms with Crippen LogP contribution in [0.4, 0.5) is 0 Å². The van der Waals surface area contributed by atoms with E-state index in [2.05, 4.69) is 6.92 Å². The van der Waals surface area contributed by atoms with Crippen molar-refractivity contribution in [2.45, 2.75) is 58.3 Å². The Morgan fingerprint density at radius 2 is 1.94 bits per heavy atom. The number of aliphatic hydroxyl groups excluding tert-OH is 1. The van der Waals surface area contributed by atoms with Gasteiger partial charge in [-0.05, 0) is 18.8 Å². The lowest BCUT2D eigenvalue weighted by atomic mass is 9.86. The molecule has 0 saturated heterocycles. The molecule has 0 heterocycles. The number of carbonyl (C=O) groups is 1. The standard InChI is InChI=1S/C14H27NO2/c1-2-10-15(11-12-16)14(17)9-8-13-6-4-3-5-7-13/h13,16H,2-12H2,1H3. The van der Waals surface area contributed by atoms with E-state index in [9.17, 15) is 4.79 Å². The maximum absolute atomic E-state index is 12.0. The van der Waals surface area contributed by atoms with Crippen molar-refractivity contribution in [2.75, 3.05) is 19.7 Å². The van der Waals surface area contributed by atoms with Crippen molar-refractivity contribution in [1.82, 2.24) is 4.90 Å². The minimum absolute atomic E-state index is 0.0785. The maximum atomic E-state index is 12.0. The van der Waals surface area contributed by atoms with E-state index in [1.165, 1.54) is 32.1 Å². The van der Waals surface area contributed by atoms with Gasteiger partial charge in [-0.15, -0.1) is 0 Å². The number of amides is 1. The van der Waals surface area contributed by atoms with Crippen molar-refractivity contribution in [3.8, 4) is 0 Å². The molecule has 3 nitrogen and oxygen atoms in total. The van der Waals surface area contributed by atoms with Crippen LogP contribution >= 0.6 is 0 Å². The highest BCUT2D eigenvalue weighted by Gasteiger charge is 2.17. The summed E-state index contributed by atoms with van der Waals surface area (Å²) in [5.41, 5.74) is 0. The van der Waals surface area contributed by atoms with Gasteiger partial charge in [0.05, 0.1) is 6.61 Å². The first-order chi connectivity index (χ1) is 8.27. The molecule has 0 aromatic heterocycles. The molecule has 0 aromatic rings. The minimum Gasteiger partial charge on any atom is -0.395 e. The van der Waals surface area contributed by atoms with Gasteiger partial charge in [0.25, 0.3) is 0 Å². The zero-order chi connectivity index (χ0) is 12.5. The van der Waals surface area contributed by atoms with Crippen LogP contribution in [0.1, 0.15) is 58.3 Å². The minimum atomic E-state index is 0.0785. The van der Waals surface area contributed by atoms with Gasteiger partial charge in [0.1, 0.15) is 0 Å². The zero-order valence-corrected chi connectivity index (χ0v) is 11.2. The summed E-state index contributed by atoms with van der Waals surface area (Å²) in [5.74, 6) is 0.997. The van der Waals surface area contributed by atoms with E-state index in [1.54, 1.807) is 0 Å². The molecule has 1 amide bonds. The lowest BCUT2D eigenvalue weighted by molar-refractivity contribution is -0.132. The van der Waals surface area contributed by atoms with Crippen molar-refractivity contribution < 1.29 is 9.90 Å². The fourth-order valence-corrected chi connectivity index (χ4v) is 2.71. The first-order valence-electron chi connectivity index (χ1n) is 7.16. The topological polar surface area (TPSA) is 40.5 Å². The number of carbonyl (C=O) groups excluding carboxylic acids is 1. The molecule has 1 saturated carbocycles. The second-order valence-electron chi connectivity index (χ2n) is 5.15. The summed E-state index contributed by atoms with van der Waals surface area (Å²) in [6.45, 7) is 3.43. The summed E-state index contributed by atoms with van der Waals surface area (Å²) in [6.07, 6.45) is 9.35. The first-order valence-corrected chi connectivity index (χ1v) is 7.16. The van der Waals surface area contributed by atoms with E-state index in [0.29, 0.717) is 13.0 Å². The number of hydrogen-bond donors (Lipinski definition) is 1. The molecule has 100 valence electrons. The van der Waals surface area contributed by atoms with E-state index in [-0.39, 0.29) is 12.5 Å². The molecule has 1 fully saturated rings. The fourth-order valence-electron chi connectivity index (χ4n) is 2.71. The average Bonchev–Trinajstić information content (AvgIpc) is 2.37. The van der Waals surface area contributed by atoms with Gasteiger partial charge in [-0.25, -0.2) is 0 Å². The Morgan fingerprint density at radius 3 is 2.53 bits per heavy atom. The van der Waals surface area contributed by atoms with Crippen LogP contribution < -0.4 is 0 Å². The van der Waals surface area contributed by atoms with Crippen LogP contribution in [0.15, 0.2) is 0 Å². The van der Waals surface area contributed by atoms with Gasteiger partial charge in [-0.1, -0.05) is 39.0 Å². The third-order valence-electron chi connectivity index (χ3n) is 3.71. The molecule has 3 heteroatoms. The molecular weight excluding hydrogens is 214 g/mol. The maximum Gasteiger partial charge on any atom is 0.222 e. The normalized spacial score (nSPS) is 17.1. The Morgan fingerprint density at radius 1 is 1.24 bits per heavy atom. The van der Waals surface area contributed by atoms with Crippen molar-refractivity contribution in [3.05, 3.63) is 0 Å². The molecule has 0 bridgehead atoms. The first kappa shape index (κ1) is 14.5. The molecule has 1 N–H and O–H groups in total. The third-order valence-corrected chi connectivity index (χ3v) is 3.71. The number of nitrogens with zero attached hydrogens (tertiary/aromatic N) is 1. The zero-order valence-electron chi connectivity index (χ0n) is 11.2. The molecule has 0 spiro atoms. The third kappa shape index (κ3) is 5.53. The lowest BCUT2D eigenvalue weighted by Gasteiger charge is -2.24. The SMILES string of the molecule is CCCN(CCO)C(=O)CCC1CCCCC1. The second kappa shape index (κ2) is 8.51. The Balaban J connectivity index is 2.25. The molecule has 1 rings (SSSR count). The molecule has 17 heavy (non-hydrogen) atoms. The van der Waals surface area contributed by atoms with Crippen LogP contribution in [0.3, 0.4) is 0 Å². The molecule has 0 aromatic carbocycles. The fraction of sp³-hybridized carbons (Fsp3) is 0.929. The summed E-state index contributed by atoms with van der Waals surface area (Å²) >= 11 is 0. The van der Waals surface area contributed by atoms with Crippen LogP contribution in [0, 0.1) is 5.92 Å². The Labute approximate surface area is 105 Å². The van der Waals surface area contributed by atoms with Gasteiger partial charge in [-0.3, -0.25) is 4.79 Å².